The molecule has 2 aromatic carbocycles. The summed E-state index contributed by atoms with van der Waals surface area (Å²) in [5.41, 5.74) is 9.34. The normalized spacial score (nSPS) is 21.2. The molecule has 1 saturated heterocycles. The smallest absolute Gasteiger partial charge is 0.350 e. The molecule has 2 aliphatic heterocycles. The van der Waals surface area contributed by atoms with E-state index in [-0.39, 0.29) is 47.0 Å². The standard InChI is InChI=1S/C26H24ClF5N6O2S/c1-3-20(39)38-11(2)7-36(9-19(38)34)24-14-4-15(26(30,31)32)21(13-5-16(27)18(29)6-17(13)28)23-22(14)37(25(40)35-24)8-12(33)10-41-23/h3-6,11-12,19H,1,7-10,33-34H2,2H3/t11-,12?,19-/m1/s1. The fourth-order valence-electron chi connectivity index (χ4n) is 5.41. The fourth-order valence-corrected chi connectivity index (χ4v) is 6.78. The number of hydrogen-bond donors (Lipinski definition) is 2. The second-order valence-corrected chi connectivity index (χ2v) is 11.4. The Morgan fingerprint density at radius 1 is 1.17 bits per heavy atom. The molecule has 0 saturated carbocycles. The minimum Gasteiger partial charge on any atom is -0.350 e. The van der Waals surface area contributed by atoms with Crippen LogP contribution in [-0.2, 0) is 17.5 Å². The maximum atomic E-state index is 15.1. The van der Waals surface area contributed by atoms with Crippen LogP contribution < -0.4 is 22.1 Å². The maximum absolute atomic E-state index is 15.1. The van der Waals surface area contributed by atoms with Gasteiger partial charge in [-0.3, -0.25) is 9.36 Å². The number of aromatic nitrogens is 2. The highest BCUT2D eigenvalue weighted by Crippen LogP contribution is 2.49. The first-order valence-corrected chi connectivity index (χ1v) is 13.8. The van der Waals surface area contributed by atoms with E-state index < -0.39 is 69.4 Å². The zero-order chi connectivity index (χ0) is 30.0. The molecular formula is C26H24ClF5N6O2S. The van der Waals surface area contributed by atoms with Gasteiger partial charge in [-0.05, 0) is 25.1 Å². The van der Waals surface area contributed by atoms with Gasteiger partial charge in [-0.2, -0.15) is 18.2 Å². The molecule has 1 fully saturated rings. The van der Waals surface area contributed by atoms with E-state index in [0.717, 1.165) is 30.0 Å². The fraction of sp³-hybridized carbons (Fsp3) is 0.346. The van der Waals surface area contributed by atoms with Crippen molar-refractivity contribution in [3.05, 3.63) is 63.6 Å². The number of piperazine rings is 1. The molecule has 3 atom stereocenters. The van der Waals surface area contributed by atoms with Gasteiger partial charge in [-0.1, -0.05) is 18.2 Å². The predicted molar refractivity (Wildman–Crippen MR) is 147 cm³/mol. The van der Waals surface area contributed by atoms with Gasteiger partial charge in [0.05, 0.1) is 28.8 Å². The number of carbonyl (C=O) groups is 1. The summed E-state index contributed by atoms with van der Waals surface area (Å²) in [6.45, 7) is 5.18. The Bertz CT molecular complexity index is 1640. The number of rotatable bonds is 3. The molecule has 218 valence electrons. The molecule has 0 radical (unpaired) electrons. The third-order valence-corrected chi connectivity index (χ3v) is 8.67. The van der Waals surface area contributed by atoms with E-state index in [1.807, 2.05) is 0 Å². The molecule has 1 unspecified atom stereocenters. The number of hydrogen-bond acceptors (Lipinski definition) is 7. The van der Waals surface area contributed by atoms with Crippen LogP contribution in [0.15, 0.2) is 40.5 Å². The Hall–Kier alpha value is -3.20. The number of amides is 1. The summed E-state index contributed by atoms with van der Waals surface area (Å²) in [4.78, 5) is 32.7. The molecule has 5 rings (SSSR count). The summed E-state index contributed by atoms with van der Waals surface area (Å²) < 4.78 is 74.4. The molecule has 2 aliphatic rings. The van der Waals surface area contributed by atoms with Crippen molar-refractivity contribution < 1.29 is 26.7 Å². The summed E-state index contributed by atoms with van der Waals surface area (Å²) >= 11 is 6.80. The summed E-state index contributed by atoms with van der Waals surface area (Å²) in [5, 5.41) is -0.603. The van der Waals surface area contributed by atoms with Gasteiger partial charge in [0.1, 0.15) is 17.5 Å². The first-order valence-electron chi connectivity index (χ1n) is 12.4. The van der Waals surface area contributed by atoms with Crippen LogP contribution in [0.2, 0.25) is 5.02 Å². The van der Waals surface area contributed by atoms with E-state index >= 15 is 4.39 Å². The monoisotopic (exact) mass is 614 g/mol. The van der Waals surface area contributed by atoms with Crippen molar-refractivity contribution in [2.75, 3.05) is 23.7 Å². The largest absolute Gasteiger partial charge is 0.417 e. The third-order valence-electron chi connectivity index (χ3n) is 7.09. The molecule has 3 aromatic rings. The lowest BCUT2D eigenvalue weighted by Gasteiger charge is -2.44. The summed E-state index contributed by atoms with van der Waals surface area (Å²) in [6.07, 6.45) is -4.77. The van der Waals surface area contributed by atoms with E-state index in [2.05, 4.69) is 11.6 Å². The van der Waals surface area contributed by atoms with Gasteiger partial charge in [0.15, 0.2) is 0 Å². The van der Waals surface area contributed by atoms with Crippen LogP contribution in [0.25, 0.3) is 22.0 Å². The van der Waals surface area contributed by atoms with Crippen LogP contribution in [0.1, 0.15) is 12.5 Å². The summed E-state index contributed by atoms with van der Waals surface area (Å²) in [7, 11) is 0. The number of nitrogens with zero attached hydrogens (tertiary/aromatic N) is 4. The van der Waals surface area contributed by atoms with Crippen molar-refractivity contribution in [1.29, 1.82) is 0 Å². The Balaban J connectivity index is 1.85. The van der Waals surface area contributed by atoms with Crippen LogP contribution in [0.4, 0.5) is 27.8 Å². The first-order chi connectivity index (χ1) is 19.2. The number of anilines is 1. The van der Waals surface area contributed by atoms with E-state index in [1.54, 1.807) is 11.8 Å². The second-order valence-electron chi connectivity index (χ2n) is 9.94. The quantitative estimate of drug-likeness (QED) is 0.261. The topological polar surface area (TPSA) is 110 Å². The molecule has 8 nitrogen and oxygen atoms in total. The number of carbonyl (C=O) groups excluding carboxylic acids is 1. The van der Waals surface area contributed by atoms with Gasteiger partial charge in [-0.15, -0.1) is 11.8 Å². The average Bonchev–Trinajstić information content (AvgIpc) is 3.06. The van der Waals surface area contributed by atoms with Gasteiger partial charge in [0.2, 0.25) is 5.91 Å². The van der Waals surface area contributed by atoms with E-state index in [9.17, 15) is 27.2 Å². The number of nitrogens with two attached hydrogens (primary N) is 2. The number of halogens is 6. The van der Waals surface area contributed by atoms with E-state index in [1.165, 1.54) is 9.47 Å². The van der Waals surface area contributed by atoms with Gasteiger partial charge in [0, 0.05) is 58.4 Å². The minimum atomic E-state index is -5.00. The second kappa shape index (κ2) is 10.6. The van der Waals surface area contributed by atoms with Crippen LogP contribution in [-0.4, -0.2) is 57.4 Å². The molecule has 0 bridgehead atoms. The third kappa shape index (κ3) is 5.07. The van der Waals surface area contributed by atoms with Crippen molar-refractivity contribution >= 4 is 46.0 Å². The first kappa shape index (κ1) is 29.3. The minimum absolute atomic E-state index is 0.0335. The number of benzene rings is 2. The number of thioether (sulfide) groups is 1. The maximum Gasteiger partial charge on any atom is 0.417 e. The van der Waals surface area contributed by atoms with Crippen LogP contribution in [0.3, 0.4) is 0 Å². The number of alkyl halides is 3. The molecule has 1 amide bonds. The lowest BCUT2D eigenvalue weighted by molar-refractivity contribution is -0.137. The van der Waals surface area contributed by atoms with Gasteiger partial charge < -0.3 is 21.3 Å². The Labute approximate surface area is 239 Å². The molecule has 1 aromatic heterocycles. The molecule has 0 spiro atoms. The lowest BCUT2D eigenvalue weighted by Crippen LogP contribution is -2.63. The Kier molecular flexibility index (Phi) is 7.55. The zero-order valence-corrected chi connectivity index (χ0v) is 23.1. The highest BCUT2D eigenvalue weighted by molar-refractivity contribution is 7.99. The van der Waals surface area contributed by atoms with Crippen molar-refractivity contribution in [3.8, 4) is 11.1 Å². The van der Waals surface area contributed by atoms with Gasteiger partial charge in [0.25, 0.3) is 0 Å². The molecule has 15 heteroatoms. The van der Waals surface area contributed by atoms with Gasteiger partial charge >= 0.3 is 11.9 Å². The van der Waals surface area contributed by atoms with Crippen LogP contribution in [0.5, 0.6) is 0 Å². The van der Waals surface area contributed by atoms with Crippen LogP contribution >= 0.6 is 23.4 Å². The SMILES string of the molecule is C=CC(=O)N1[C@H](C)CN(c2nc(=O)n3c4c(c(-c5cc(Cl)c(F)cc5F)c(C(F)(F)F)cc24)SCC(N)C3)C[C@@H]1N. The van der Waals surface area contributed by atoms with Gasteiger partial charge in [-0.25, -0.2) is 13.6 Å². The van der Waals surface area contributed by atoms with Crippen LogP contribution in [0, 0.1) is 11.6 Å². The molecule has 3 heterocycles. The van der Waals surface area contributed by atoms with Crippen molar-refractivity contribution in [3.63, 3.8) is 0 Å². The van der Waals surface area contributed by atoms with Crippen molar-refractivity contribution in [2.24, 2.45) is 11.5 Å². The molecule has 4 N–H and O–H groups in total. The average molecular weight is 615 g/mol. The lowest BCUT2D eigenvalue weighted by atomic mass is 9.95. The summed E-state index contributed by atoms with van der Waals surface area (Å²) in [6, 6.07) is 0.869. The van der Waals surface area contributed by atoms with Crippen molar-refractivity contribution in [1.82, 2.24) is 14.5 Å². The highest BCUT2D eigenvalue weighted by Gasteiger charge is 2.40. The van der Waals surface area contributed by atoms with E-state index in [4.69, 9.17) is 23.1 Å². The molecule has 0 aliphatic carbocycles. The molecule has 41 heavy (non-hydrogen) atoms. The Morgan fingerprint density at radius 2 is 1.88 bits per heavy atom. The van der Waals surface area contributed by atoms with Crippen molar-refractivity contribution in [2.45, 2.75) is 42.8 Å². The van der Waals surface area contributed by atoms with E-state index in [0.29, 0.717) is 6.07 Å². The molecular weight excluding hydrogens is 591 g/mol. The zero-order valence-electron chi connectivity index (χ0n) is 21.5. The highest BCUT2D eigenvalue weighted by atomic mass is 35.5. The summed E-state index contributed by atoms with van der Waals surface area (Å²) in [5.74, 6) is -2.78. The Morgan fingerprint density at radius 3 is 2.51 bits per heavy atom. The predicted octanol–water partition coefficient (Wildman–Crippen LogP) is 3.95.